The van der Waals surface area contributed by atoms with Crippen molar-refractivity contribution in [3.05, 3.63) is 48.3 Å². The van der Waals surface area contributed by atoms with Crippen LogP contribution >= 0.6 is 0 Å². The third-order valence-electron chi connectivity index (χ3n) is 6.31. The van der Waals surface area contributed by atoms with Crippen LogP contribution in [0.3, 0.4) is 0 Å². The van der Waals surface area contributed by atoms with E-state index in [1.54, 1.807) is 18.7 Å². The molecule has 11 heteroatoms. The van der Waals surface area contributed by atoms with Crippen LogP contribution < -0.4 is 25.7 Å². The first-order valence-electron chi connectivity index (χ1n) is 12.5. The van der Waals surface area contributed by atoms with Crippen molar-refractivity contribution in [1.29, 1.82) is 0 Å². The highest BCUT2D eigenvalue weighted by atomic mass is 16.5. The summed E-state index contributed by atoms with van der Waals surface area (Å²) in [5, 5.41) is 9.78. The van der Waals surface area contributed by atoms with Gasteiger partial charge in [-0.05, 0) is 49.9 Å². The molecule has 0 bridgehead atoms. The van der Waals surface area contributed by atoms with E-state index in [2.05, 4.69) is 40.9 Å². The van der Waals surface area contributed by atoms with Gasteiger partial charge in [0, 0.05) is 30.7 Å². The van der Waals surface area contributed by atoms with Gasteiger partial charge in [0.25, 0.3) is 5.91 Å². The van der Waals surface area contributed by atoms with Gasteiger partial charge < -0.3 is 25.7 Å². The number of nitrogens with one attached hydrogen (secondary N) is 6. The fourth-order valence-corrected chi connectivity index (χ4v) is 4.40. The number of carbonyl (C=O) groups is 1. The number of aromatic nitrogens is 6. The molecule has 0 saturated heterocycles. The number of fused-ring (bicyclic) bond motifs is 1. The third-order valence-corrected chi connectivity index (χ3v) is 6.31. The molecule has 11 nitrogen and oxygen atoms in total. The van der Waals surface area contributed by atoms with E-state index in [4.69, 9.17) is 9.72 Å². The van der Waals surface area contributed by atoms with E-state index in [1.807, 2.05) is 25.1 Å². The fraction of sp³-hybridized carbons (Fsp3) is 0.400. The molecule has 1 amide bonds. The average molecular weight is 491 g/mol. The molecule has 1 fully saturated rings. The lowest BCUT2D eigenvalue weighted by Gasteiger charge is -2.23. The van der Waals surface area contributed by atoms with Crippen molar-refractivity contribution in [3.8, 4) is 5.75 Å². The van der Waals surface area contributed by atoms with E-state index in [0.29, 0.717) is 37.4 Å². The standard InChI is InChI=1S/C25H31N9O2/c1-16-14-18(36-13-5-10-28-24(35)23-26-11-12-27-23)8-9-19(16)32-25-33-21-20(29-15-30-21)22(34-25)31-17-6-3-2-4-7-17/h8-9,11-12,14-15,17H,2-7,10,13H2,1H3,(H,26,27)(H,28,35)(H3,29,30,31,32,33,34)/p+1. The van der Waals surface area contributed by atoms with Crippen LogP contribution in [-0.2, 0) is 0 Å². The molecule has 3 aromatic heterocycles. The minimum absolute atomic E-state index is 0.221. The van der Waals surface area contributed by atoms with Gasteiger partial charge >= 0.3 is 11.6 Å². The van der Waals surface area contributed by atoms with E-state index in [1.165, 1.54) is 19.3 Å². The van der Waals surface area contributed by atoms with Crippen LogP contribution in [0, 0.1) is 6.92 Å². The molecule has 0 spiro atoms. The molecular formula is C25H32N9O2+. The molecule has 0 atom stereocenters. The van der Waals surface area contributed by atoms with Crippen molar-refractivity contribution in [2.45, 2.75) is 51.5 Å². The summed E-state index contributed by atoms with van der Waals surface area (Å²) in [5.41, 5.74) is 3.56. The molecular weight excluding hydrogens is 458 g/mol. The van der Waals surface area contributed by atoms with Crippen LogP contribution in [0.2, 0.25) is 0 Å². The minimum atomic E-state index is -0.221. The van der Waals surface area contributed by atoms with Crippen molar-refractivity contribution in [2.24, 2.45) is 0 Å². The number of hydrogen-bond donors (Lipinski definition) is 5. The molecule has 5 rings (SSSR count). The van der Waals surface area contributed by atoms with Crippen molar-refractivity contribution in [3.63, 3.8) is 0 Å². The quantitative estimate of drug-likeness (QED) is 0.214. The second-order valence-corrected chi connectivity index (χ2v) is 9.03. The van der Waals surface area contributed by atoms with Crippen LogP contribution in [0.1, 0.15) is 54.7 Å². The molecule has 1 aromatic carbocycles. The van der Waals surface area contributed by atoms with Crippen LogP contribution in [0.25, 0.3) is 11.2 Å². The number of hydrogen-bond acceptors (Lipinski definition) is 7. The maximum absolute atomic E-state index is 11.9. The number of aryl methyl sites for hydroxylation is 1. The SMILES string of the molecule is Cc1cc(OCCCNC(=O)c2ncc[nH]2)ccc1Nc1nc(NC2CCCCC2)c2[nH]c[nH+]c2n1. The van der Waals surface area contributed by atoms with Crippen LogP contribution in [0.15, 0.2) is 36.9 Å². The van der Waals surface area contributed by atoms with E-state index in [0.717, 1.165) is 46.8 Å². The Kier molecular flexibility index (Phi) is 7.25. The Bertz CT molecular complexity index is 1300. The Balaban J connectivity index is 1.17. The Hall–Kier alpha value is -4.15. The molecule has 188 valence electrons. The topological polar surface area (TPSA) is 147 Å². The zero-order valence-electron chi connectivity index (χ0n) is 20.4. The summed E-state index contributed by atoms with van der Waals surface area (Å²) in [6.45, 7) is 3.01. The summed E-state index contributed by atoms with van der Waals surface area (Å²) < 4.78 is 5.86. The fourth-order valence-electron chi connectivity index (χ4n) is 4.40. The second-order valence-electron chi connectivity index (χ2n) is 9.03. The van der Waals surface area contributed by atoms with Crippen LogP contribution in [0.5, 0.6) is 5.75 Å². The van der Waals surface area contributed by atoms with Gasteiger partial charge in [-0.1, -0.05) is 24.2 Å². The summed E-state index contributed by atoms with van der Waals surface area (Å²) >= 11 is 0. The van der Waals surface area contributed by atoms with Gasteiger partial charge in [0.05, 0.1) is 6.61 Å². The highest BCUT2D eigenvalue weighted by molar-refractivity contribution is 5.90. The normalized spacial score (nSPS) is 14.0. The molecule has 3 heterocycles. The number of anilines is 3. The minimum Gasteiger partial charge on any atom is -0.494 e. The smallest absolute Gasteiger partial charge is 0.307 e. The number of amides is 1. The predicted octanol–water partition coefficient (Wildman–Crippen LogP) is 3.49. The van der Waals surface area contributed by atoms with Gasteiger partial charge in [-0.3, -0.25) is 9.78 Å². The molecule has 1 aliphatic rings. The molecule has 1 saturated carbocycles. The number of aromatic amines is 3. The van der Waals surface area contributed by atoms with Crippen molar-refractivity contribution < 1.29 is 14.5 Å². The van der Waals surface area contributed by atoms with E-state index in [9.17, 15) is 4.79 Å². The number of imidazole rings is 2. The molecule has 4 aromatic rings. The van der Waals surface area contributed by atoms with Crippen molar-refractivity contribution in [1.82, 2.24) is 30.2 Å². The first kappa shape index (κ1) is 23.6. The number of H-pyrrole nitrogens is 3. The Morgan fingerprint density at radius 1 is 1.19 bits per heavy atom. The predicted molar refractivity (Wildman–Crippen MR) is 136 cm³/mol. The first-order chi connectivity index (χ1) is 17.7. The number of carbonyl (C=O) groups excluding carboxylic acids is 1. The summed E-state index contributed by atoms with van der Waals surface area (Å²) in [4.78, 5) is 34.4. The second kappa shape index (κ2) is 11.1. The molecule has 1 aliphatic carbocycles. The highest BCUT2D eigenvalue weighted by Gasteiger charge is 2.20. The number of rotatable bonds is 10. The largest absolute Gasteiger partial charge is 0.494 e. The summed E-state index contributed by atoms with van der Waals surface area (Å²) in [6, 6.07) is 6.29. The molecule has 0 aliphatic heterocycles. The van der Waals surface area contributed by atoms with Gasteiger partial charge in [0.2, 0.25) is 5.52 Å². The third kappa shape index (κ3) is 5.73. The number of benzene rings is 1. The average Bonchev–Trinajstić information content (AvgIpc) is 3.59. The van der Waals surface area contributed by atoms with Gasteiger partial charge in [-0.15, -0.1) is 0 Å². The lowest BCUT2D eigenvalue weighted by molar-refractivity contribution is -0.347. The number of nitrogens with zero attached hydrogens (tertiary/aromatic N) is 3. The monoisotopic (exact) mass is 490 g/mol. The Morgan fingerprint density at radius 2 is 2.08 bits per heavy atom. The van der Waals surface area contributed by atoms with Crippen molar-refractivity contribution in [2.75, 3.05) is 23.8 Å². The van der Waals surface area contributed by atoms with Crippen molar-refractivity contribution >= 4 is 34.5 Å². The van der Waals surface area contributed by atoms with Gasteiger partial charge in [-0.2, -0.15) is 4.98 Å². The van der Waals surface area contributed by atoms with E-state index >= 15 is 0 Å². The maximum Gasteiger partial charge on any atom is 0.307 e. The number of ether oxygens (including phenoxy) is 1. The lowest BCUT2D eigenvalue weighted by atomic mass is 9.95. The maximum atomic E-state index is 11.9. The first-order valence-corrected chi connectivity index (χ1v) is 12.5. The molecule has 0 radical (unpaired) electrons. The van der Waals surface area contributed by atoms with Gasteiger partial charge in [0.1, 0.15) is 5.75 Å². The summed E-state index contributed by atoms with van der Waals surface area (Å²) in [5.74, 6) is 2.20. The Morgan fingerprint density at radius 3 is 2.89 bits per heavy atom. The van der Waals surface area contributed by atoms with Gasteiger partial charge in [0.15, 0.2) is 18.0 Å². The lowest BCUT2D eigenvalue weighted by Crippen LogP contribution is -2.26. The summed E-state index contributed by atoms with van der Waals surface area (Å²) in [6.07, 6.45) is 11.8. The zero-order chi connectivity index (χ0) is 24.7. The Labute approximate surface area is 208 Å². The van der Waals surface area contributed by atoms with E-state index in [-0.39, 0.29) is 5.91 Å². The molecule has 36 heavy (non-hydrogen) atoms. The van der Waals surface area contributed by atoms with Gasteiger partial charge in [-0.25, -0.2) is 9.97 Å². The van der Waals surface area contributed by atoms with Crippen LogP contribution in [0.4, 0.5) is 17.5 Å². The molecule has 0 unspecified atom stereocenters. The zero-order valence-corrected chi connectivity index (χ0v) is 20.4. The molecule has 6 N–H and O–H groups in total. The van der Waals surface area contributed by atoms with E-state index < -0.39 is 0 Å². The van der Waals surface area contributed by atoms with Crippen LogP contribution in [-0.4, -0.2) is 50.0 Å². The highest BCUT2D eigenvalue weighted by Crippen LogP contribution is 2.27. The summed E-state index contributed by atoms with van der Waals surface area (Å²) in [7, 11) is 0.